The summed E-state index contributed by atoms with van der Waals surface area (Å²) in [5.74, 6) is 1.60. The van der Waals surface area contributed by atoms with Gasteiger partial charge in [-0.1, -0.05) is 85.0 Å². The molecule has 216 valence electrons. The highest BCUT2D eigenvalue weighted by Crippen LogP contribution is 2.40. The van der Waals surface area contributed by atoms with Crippen molar-refractivity contribution in [2.45, 2.75) is 26.2 Å². The summed E-state index contributed by atoms with van der Waals surface area (Å²) >= 11 is 0. The average Bonchev–Trinajstić information content (AvgIpc) is 3.46. The van der Waals surface area contributed by atoms with Gasteiger partial charge in [0.05, 0.1) is 5.69 Å². The summed E-state index contributed by atoms with van der Waals surface area (Å²) in [5, 5.41) is 11.7. The number of allylic oxidation sites excluding steroid dienone is 7. The van der Waals surface area contributed by atoms with Crippen LogP contribution in [0.25, 0.3) is 27.6 Å². The molecule has 0 spiro atoms. The van der Waals surface area contributed by atoms with Gasteiger partial charge in [-0.3, -0.25) is 0 Å². The molecule has 1 heterocycles. The first kappa shape index (κ1) is 28.0. The van der Waals surface area contributed by atoms with Gasteiger partial charge in [0.2, 0.25) is 0 Å². The number of likely N-dealkylation sites (N-methyl/N-ethyl adjacent to an activating group) is 1. The number of hydrogen-bond acceptors (Lipinski definition) is 5. The van der Waals surface area contributed by atoms with Gasteiger partial charge in [0.1, 0.15) is 0 Å². The second kappa shape index (κ2) is 12.4. The van der Waals surface area contributed by atoms with E-state index in [1.54, 1.807) is 0 Å². The molecule has 0 bridgehead atoms. The van der Waals surface area contributed by atoms with Crippen LogP contribution in [0, 0.1) is 0 Å². The van der Waals surface area contributed by atoms with E-state index in [1.807, 2.05) is 24.4 Å². The van der Waals surface area contributed by atoms with E-state index >= 15 is 0 Å². The fourth-order valence-electron chi connectivity index (χ4n) is 5.81. The van der Waals surface area contributed by atoms with Crippen molar-refractivity contribution < 1.29 is 4.74 Å². The van der Waals surface area contributed by atoms with Crippen LogP contribution in [0.4, 0.5) is 11.4 Å². The van der Waals surface area contributed by atoms with Gasteiger partial charge in [0.25, 0.3) is 0 Å². The Hall–Kier alpha value is -5.16. The fourth-order valence-corrected chi connectivity index (χ4v) is 5.81. The first-order chi connectivity index (χ1) is 21.0. The largest absolute Gasteiger partial charge is 0.438 e. The number of nitrogen functional groups attached to an aromatic ring is 1. The number of nitrogens with one attached hydrogen (secondary N) is 2. The summed E-state index contributed by atoms with van der Waals surface area (Å²) < 4.78 is 6.30. The third kappa shape index (κ3) is 5.93. The van der Waals surface area contributed by atoms with Crippen molar-refractivity contribution in [3.8, 4) is 5.75 Å². The number of ether oxygens (including phenoxy) is 1. The third-order valence-electron chi connectivity index (χ3n) is 8.07. The number of hydrogen-bond donors (Lipinski definition) is 3. The highest BCUT2D eigenvalue weighted by atomic mass is 16.5. The van der Waals surface area contributed by atoms with Crippen molar-refractivity contribution in [1.29, 1.82) is 0 Å². The molecule has 0 aromatic heterocycles. The number of benzene rings is 4. The molecule has 0 atom stereocenters. The molecule has 5 nitrogen and oxygen atoms in total. The van der Waals surface area contributed by atoms with Gasteiger partial charge in [-0.25, -0.2) is 0 Å². The lowest BCUT2D eigenvalue weighted by molar-refractivity contribution is 0.462. The highest BCUT2D eigenvalue weighted by Gasteiger charge is 2.20. The van der Waals surface area contributed by atoms with Crippen LogP contribution in [0.15, 0.2) is 138 Å². The normalized spacial score (nSPS) is 17.3. The topological polar surface area (TPSA) is 62.6 Å². The minimum Gasteiger partial charge on any atom is -0.438 e. The molecule has 4 N–H and O–H groups in total. The zero-order valence-electron chi connectivity index (χ0n) is 25.0. The van der Waals surface area contributed by atoms with Crippen molar-refractivity contribution >= 4 is 39.0 Å². The number of nitrogens with zero attached hydrogens (tertiary/aromatic N) is 1. The highest BCUT2D eigenvalue weighted by molar-refractivity contribution is 5.96. The van der Waals surface area contributed by atoms with E-state index in [0.717, 1.165) is 75.4 Å². The van der Waals surface area contributed by atoms with Gasteiger partial charge in [-0.05, 0) is 77.8 Å². The SMILES string of the molecule is C/C=C(\C=C/NC1=C(/C=C/c2c(N)ccc3ccccc23)CCC/C1=C\C=C1\Nc2ccc3ccccc3c2O1)N(C)C. The summed E-state index contributed by atoms with van der Waals surface area (Å²) in [7, 11) is 4.10. The molecule has 0 saturated heterocycles. The maximum Gasteiger partial charge on any atom is 0.198 e. The van der Waals surface area contributed by atoms with Gasteiger partial charge in [-0.2, -0.15) is 0 Å². The van der Waals surface area contributed by atoms with Gasteiger partial charge >= 0.3 is 0 Å². The van der Waals surface area contributed by atoms with E-state index in [1.165, 1.54) is 16.5 Å². The first-order valence-corrected chi connectivity index (χ1v) is 14.8. The van der Waals surface area contributed by atoms with Crippen molar-refractivity contribution in [1.82, 2.24) is 10.2 Å². The third-order valence-corrected chi connectivity index (χ3v) is 8.07. The first-order valence-electron chi connectivity index (χ1n) is 14.8. The second-order valence-electron chi connectivity index (χ2n) is 11.1. The summed E-state index contributed by atoms with van der Waals surface area (Å²) in [5.41, 5.74) is 14.0. The molecule has 0 fully saturated rings. The zero-order valence-corrected chi connectivity index (χ0v) is 25.0. The van der Waals surface area contributed by atoms with Gasteiger partial charge < -0.3 is 26.0 Å². The van der Waals surface area contributed by atoms with E-state index in [2.05, 4.69) is 128 Å². The molecular formula is C38H38N4O. The Bertz CT molecular complexity index is 1870. The quantitative estimate of drug-likeness (QED) is 0.154. The van der Waals surface area contributed by atoms with Gasteiger partial charge in [-0.15, -0.1) is 0 Å². The van der Waals surface area contributed by atoms with Crippen LogP contribution in [0.1, 0.15) is 31.7 Å². The van der Waals surface area contributed by atoms with Gasteiger partial charge in [0, 0.05) is 48.3 Å². The minimum absolute atomic E-state index is 0.726. The molecule has 0 saturated carbocycles. The maximum atomic E-state index is 6.46. The molecule has 0 amide bonds. The predicted octanol–water partition coefficient (Wildman–Crippen LogP) is 8.87. The molecular weight excluding hydrogens is 528 g/mol. The molecule has 2 aliphatic rings. The van der Waals surface area contributed by atoms with E-state index < -0.39 is 0 Å². The molecule has 0 unspecified atom stereocenters. The molecule has 0 radical (unpaired) electrons. The summed E-state index contributed by atoms with van der Waals surface area (Å²) in [6.45, 7) is 2.05. The second-order valence-corrected chi connectivity index (χ2v) is 11.1. The van der Waals surface area contributed by atoms with Crippen molar-refractivity contribution in [3.05, 3.63) is 143 Å². The molecule has 4 aromatic carbocycles. The standard InChI is InChI=1S/C38H38N4O/c1-4-30(42(2)3)24-25-40-37-28(16-20-33-31-14-7-5-10-26(31)17-21-34(33)39)12-9-13-29(37)19-23-36-41-35-22-18-27-11-6-8-15-32(27)38(35)43-36/h4-8,10-11,14-25,40-41H,9,12-13,39H2,1-3H3/b20-16+,25-24-,29-19+,30-4+,36-23-. The Morgan fingerprint density at radius 1 is 0.884 bits per heavy atom. The van der Waals surface area contributed by atoms with E-state index in [4.69, 9.17) is 10.5 Å². The van der Waals surface area contributed by atoms with Crippen LogP contribution in [-0.2, 0) is 0 Å². The van der Waals surface area contributed by atoms with Crippen molar-refractivity contribution in [3.63, 3.8) is 0 Å². The Morgan fingerprint density at radius 2 is 1.63 bits per heavy atom. The fraction of sp³-hybridized carbons (Fsp3) is 0.158. The van der Waals surface area contributed by atoms with E-state index in [-0.39, 0.29) is 0 Å². The lowest BCUT2D eigenvalue weighted by Gasteiger charge is -2.22. The Balaban J connectivity index is 1.35. The van der Waals surface area contributed by atoms with Crippen molar-refractivity contribution in [2.24, 2.45) is 0 Å². The minimum atomic E-state index is 0.726. The van der Waals surface area contributed by atoms with Crippen LogP contribution >= 0.6 is 0 Å². The maximum absolute atomic E-state index is 6.46. The molecule has 5 heteroatoms. The van der Waals surface area contributed by atoms with Crippen LogP contribution in [0.3, 0.4) is 0 Å². The van der Waals surface area contributed by atoms with Crippen LogP contribution in [0.5, 0.6) is 5.75 Å². The number of nitrogens with two attached hydrogens (primary N) is 1. The Morgan fingerprint density at radius 3 is 2.42 bits per heavy atom. The average molecular weight is 567 g/mol. The molecule has 6 rings (SSSR count). The monoisotopic (exact) mass is 566 g/mol. The molecule has 1 aliphatic carbocycles. The van der Waals surface area contributed by atoms with Crippen LogP contribution in [-0.4, -0.2) is 19.0 Å². The molecule has 4 aromatic rings. The summed E-state index contributed by atoms with van der Waals surface area (Å²) in [4.78, 5) is 2.10. The Kier molecular flexibility index (Phi) is 8.05. The van der Waals surface area contributed by atoms with E-state index in [9.17, 15) is 0 Å². The van der Waals surface area contributed by atoms with Crippen LogP contribution < -0.4 is 21.1 Å². The zero-order chi connectivity index (χ0) is 29.8. The molecule has 1 aliphatic heterocycles. The lowest BCUT2D eigenvalue weighted by atomic mass is 9.90. The predicted molar refractivity (Wildman–Crippen MR) is 182 cm³/mol. The number of anilines is 2. The Labute approximate surface area is 254 Å². The summed E-state index contributed by atoms with van der Waals surface area (Å²) in [6.07, 6.45) is 17.8. The van der Waals surface area contributed by atoms with Gasteiger partial charge in [0.15, 0.2) is 11.6 Å². The van der Waals surface area contributed by atoms with Crippen molar-refractivity contribution in [2.75, 3.05) is 25.1 Å². The molecule has 43 heavy (non-hydrogen) atoms. The number of rotatable bonds is 7. The number of fused-ring (bicyclic) bond motifs is 4. The smallest absolute Gasteiger partial charge is 0.198 e. The van der Waals surface area contributed by atoms with E-state index in [0.29, 0.717) is 0 Å². The summed E-state index contributed by atoms with van der Waals surface area (Å²) in [6, 6.07) is 25.0. The van der Waals surface area contributed by atoms with Crippen LogP contribution in [0.2, 0.25) is 0 Å². The lowest BCUT2D eigenvalue weighted by Crippen LogP contribution is -2.15.